The molecule has 1 N–H and O–H groups in total. The van der Waals surface area contributed by atoms with Crippen LogP contribution in [0.4, 0.5) is 0 Å². The molecule has 0 aromatic heterocycles. The molecule has 0 bridgehead atoms. The predicted molar refractivity (Wildman–Crippen MR) is 71.8 cm³/mol. The van der Waals surface area contributed by atoms with Gasteiger partial charge in [-0.15, -0.1) is 0 Å². The molecular weight excluding hydrogens is 196 g/mol. The summed E-state index contributed by atoms with van der Waals surface area (Å²) >= 11 is 0. The quantitative estimate of drug-likeness (QED) is 0.608. The van der Waals surface area contributed by atoms with E-state index >= 15 is 0 Å². The first-order chi connectivity index (χ1) is 7.77. The van der Waals surface area contributed by atoms with Crippen molar-refractivity contribution in [3.05, 3.63) is 0 Å². The summed E-state index contributed by atoms with van der Waals surface area (Å²) in [5, 5.41) is 3.41. The van der Waals surface area contributed by atoms with Crippen LogP contribution < -0.4 is 5.32 Å². The van der Waals surface area contributed by atoms with E-state index in [1.807, 2.05) is 0 Å². The minimum absolute atomic E-state index is 0.768. The second-order valence-corrected chi connectivity index (χ2v) is 5.23. The van der Waals surface area contributed by atoms with Crippen LogP contribution in [0.25, 0.3) is 0 Å². The highest BCUT2D eigenvalue weighted by atomic mass is 15.1. The normalized spacial score (nSPS) is 18.8. The van der Waals surface area contributed by atoms with E-state index in [2.05, 4.69) is 31.0 Å². The van der Waals surface area contributed by atoms with Crippen LogP contribution in [0, 0.1) is 5.92 Å². The van der Waals surface area contributed by atoms with E-state index in [-0.39, 0.29) is 0 Å². The van der Waals surface area contributed by atoms with Crippen LogP contribution in [0.3, 0.4) is 0 Å². The molecule has 1 saturated carbocycles. The monoisotopic (exact) mass is 226 g/mol. The van der Waals surface area contributed by atoms with Crippen LogP contribution in [-0.4, -0.2) is 37.1 Å². The van der Waals surface area contributed by atoms with E-state index in [0.717, 1.165) is 18.5 Å². The lowest BCUT2D eigenvalue weighted by atomic mass is 9.85. The Balaban J connectivity index is 2.12. The van der Waals surface area contributed by atoms with E-state index in [1.54, 1.807) is 0 Å². The van der Waals surface area contributed by atoms with Gasteiger partial charge in [0.2, 0.25) is 0 Å². The van der Waals surface area contributed by atoms with Crippen LogP contribution >= 0.6 is 0 Å². The molecular formula is C14H30N2. The lowest BCUT2D eigenvalue weighted by Gasteiger charge is -2.35. The average molecular weight is 226 g/mol. The fraction of sp³-hybridized carbons (Fsp3) is 1.00. The highest BCUT2D eigenvalue weighted by Gasteiger charge is 2.22. The standard InChI is InChI=1S/C14H30N2/c1-4-15-11-7-8-13(3)16(5-2)12-14-9-6-10-14/h13-15H,4-12H2,1-3H3. The largest absolute Gasteiger partial charge is 0.317 e. The Bertz CT molecular complexity index is 166. The summed E-state index contributed by atoms with van der Waals surface area (Å²) in [5.41, 5.74) is 0. The van der Waals surface area contributed by atoms with E-state index in [1.165, 1.54) is 51.7 Å². The van der Waals surface area contributed by atoms with Crippen molar-refractivity contribution < 1.29 is 0 Å². The first kappa shape index (κ1) is 14.0. The molecule has 0 amide bonds. The minimum atomic E-state index is 0.768. The molecule has 1 aliphatic carbocycles. The third kappa shape index (κ3) is 4.84. The van der Waals surface area contributed by atoms with Crippen molar-refractivity contribution in [2.24, 2.45) is 5.92 Å². The zero-order valence-corrected chi connectivity index (χ0v) is 11.5. The molecule has 16 heavy (non-hydrogen) atoms. The average Bonchev–Trinajstić information content (AvgIpc) is 2.23. The van der Waals surface area contributed by atoms with Crippen LogP contribution in [0.5, 0.6) is 0 Å². The van der Waals surface area contributed by atoms with Crippen molar-refractivity contribution in [2.75, 3.05) is 26.2 Å². The van der Waals surface area contributed by atoms with Gasteiger partial charge in [0, 0.05) is 12.6 Å². The summed E-state index contributed by atoms with van der Waals surface area (Å²) < 4.78 is 0. The van der Waals surface area contributed by atoms with Crippen molar-refractivity contribution in [2.45, 2.75) is 58.9 Å². The molecule has 0 saturated heterocycles. The van der Waals surface area contributed by atoms with Crippen LogP contribution in [-0.2, 0) is 0 Å². The maximum atomic E-state index is 3.41. The zero-order valence-electron chi connectivity index (χ0n) is 11.5. The number of rotatable bonds is 9. The van der Waals surface area contributed by atoms with E-state index < -0.39 is 0 Å². The highest BCUT2D eigenvalue weighted by Crippen LogP contribution is 2.27. The summed E-state index contributed by atoms with van der Waals surface area (Å²) in [4.78, 5) is 2.68. The van der Waals surface area contributed by atoms with Gasteiger partial charge < -0.3 is 10.2 Å². The Kier molecular flexibility index (Phi) is 7.06. The van der Waals surface area contributed by atoms with Gasteiger partial charge in [-0.1, -0.05) is 20.3 Å². The predicted octanol–water partition coefficient (Wildman–Crippen LogP) is 2.89. The Morgan fingerprint density at radius 2 is 2.06 bits per heavy atom. The molecule has 2 nitrogen and oxygen atoms in total. The van der Waals surface area contributed by atoms with Gasteiger partial charge in [0.1, 0.15) is 0 Å². The van der Waals surface area contributed by atoms with Crippen LogP contribution in [0.15, 0.2) is 0 Å². The summed E-state index contributed by atoms with van der Waals surface area (Å²) in [6.07, 6.45) is 7.07. The van der Waals surface area contributed by atoms with Crippen LogP contribution in [0.1, 0.15) is 52.9 Å². The first-order valence-corrected chi connectivity index (χ1v) is 7.22. The molecule has 0 radical (unpaired) electrons. The Morgan fingerprint density at radius 3 is 2.56 bits per heavy atom. The second kappa shape index (κ2) is 8.08. The van der Waals surface area contributed by atoms with Gasteiger partial charge in [0.25, 0.3) is 0 Å². The van der Waals surface area contributed by atoms with Crippen molar-refractivity contribution in [1.82, 2.24) is 10.2 Å². The van der Waals surface area contributed by atoms with Gasteiger partial charge in [0.15, 0.2) is 0 Å². The lowest BCUT2D eigenvalue weighted by molar-refractivity contribution is 0.140. The molecule has 0 aromatic carbocycles. The summed E-state index contributed by atoms with van der Waals surface area (Å²) in [7, 11) is 0. The van der Waals surface area contributed by atoms with Gasteiger partial charge in [-0.25, -0.2) is 0 Å². The van der Waals surface area contributed by atoms with E-state index in [0.29, 0.717) is 0 Å². The van der Waals surface area contributed by atoms with Gasteiger partial charge in [0.05, 0.1) is 0 Å². The van der Waals surface area contributed by atoms with Crippen molar-refractivity contribution >= 4 is 0 Å². The van der Waals surface area contributed by atoms with Crippen molar-refractivity contribution in [3.63, 3.8) is 0 Å². The maximum Gasteiger partial charge on any atom is 0.00674 e. The van der Waals surface area contributed by atoms with E-state index in [9.17, 15) is 0 Å². The SMILES string of the molecule is CCNCCCC(C)N(CC)CC1CCC1. The molecule has 0 heterocycles. The maximum absolute atomic E-state index is 3.41. The van der Waals surface area contributed by atoms with E-state index in [4.69, 9.17) is 0 Å². The topological polar surface area (TPSA) is 15.3 Å². The summed E-state index contributed by atoms with van der Waals surface area (Å²) in [5.74, 6) is 1.01. The summed E-state index contributed by atoms with van der Waals surface area (Å²) in [6, 6.07) is 0.768. The smallest absolute Gasteiger partial charge is 0.00674 e. The third-order valence-corrected chi connectivity index (χ3v) is 3.97. The number of hydrogen-bond donors (Lipinski definition) is 1. The zero-order chi connectivity index (χ0) is 11.8. The molecule has 2 heteroatoms. The first-order valence-electron chi connectivity index (χ1n) is 7.22. The Labute approximate surface area is 102 Å². The minimum Gasteiger partial charge on any atom is -0.317 e. The van der Waals surface area contributed by atoms with Crippen molar-refractivity contribution in [1.29, 1.82) is 0 Å². The molecule has 0 spiro atoms. The molecule has 1 aliphatic rings. The molecule has 0 aromatic rings. The molecule has 1 unspecified atom stereocenters. The second-order valence-electron chi connectivity index (χ2n) is 5.23. The van der Waals surface area contributed by atoms with Crippen LogP contribution in [0.2, 0.25) is 0 Å². The third-order valence-electron chi connectivity index (χ3n) is 3.97. The number of nitrogens with zero attached hydrogens (tertiary/aromatic N) is 1. The fourth-order valence-corrected chi connectivity index (χ4v) is 2.51. The molecule has 0 aliphatic heterocycles. The fourth-order valence-electron chi connectivity index (χ4n) is 2.51. The molecule has 1 rings (SSSR count). The molecule has 96 valence electrons. The van der Waals surface area contributed by atoms with Crippen molar-refractivity contribution in [3.8, 4) is 0 Å². The lowest BCUT2D eigenvalue weighted by Crippen LogP contribution is -2.39. The number of nitrogens with one attached hydrogen (secondary N) is 1. The van der Waals surface area contributed by atoms with Gasteiger partial charge in [-0.3, -0.25) is 0 Å². The van der Waals surface area contributed by atoms with Gasteiger partial charge >= 0.3 is 0 Å². The van der Waals surface area contributed by atoms with Gasteiger partial charge in [-0.05, 0) is 58.2 Å². The Morgan fingerprint density at radius 1 is 1.31 bits per heavy atom. The highest BCUT2D eigenvalue weighted by molar-refractivity contribution is 4.76. The number of hydrogen-bond acceptors (Lipinski definition) is 2. The molecule has 1 fully saturated rings. The Hall–Kier alpha value is -0.0800. The molecule has 1 atom stereocenters. The summed E-state index contributed by atoms with van der Waals surface area (Å²) in [6.45, 7) is 11.7. The van der Waals surface area contributed by atoms with Gasteiger partial charge in [-0.2, -0.15) is 0 Å².